The van der Waals surface area contributed by atoms with Gasteiger partial charge < -0.3 is 9.64 Å². The molecule has 0 bridgehead atoms. The Morgan fingerprint density at radius 3 is 2.44 bits per heavy atom. The number of benzene rings is 2. The summed E-state index contributed by atoms with van der Waals surface area (Å²) in [5, 5.41) is 0. The number of rotatable bonds is 7. The number of carbonyl (C=O) groups excluding carboxylic acids is 1. The fourth-order valence-corrected chi connectivity index (χ4v) is 5.16. The molecule has 11 heteroatoms. The summed E-state index contributed by atoms with van der Waals surface area (Å²) in [5.74, 6) is -6.21. The number of halogens is 4. The van der Waals surface area contributed by atoms with Crippen molar-refractivity contribution in [2.24, 2.45) is 0 Å². The standard InChI is InChI=1S/C23H24F4N2O4S/c1-2-34(31,32)28-21-18(29(13-23(21,26)27)22(30)19-10-11-33-19)12-14-6-5-8-16(20(14)25)15-7-3-4-9-17(15)24/h3-9,18-19,21,28H,2,10-13H2,1H3/t18-,19?,21+/m0/s1. The first-order valence-corrected chi connectivity index (χ1v) is 12.5. The Labute approximate surface area is 194 Å². The molecule has 2 heterocycles. The molecule has 1 N–H and O–H groups in total. The predicted octanol–water partition coefficient (Wildman–Crippen LogP) is 3.12. The number of nitrogens with zero attached hydrogens (tertiary/aromatic N) is 1. The first kappa shape index (κ1) is 24.6. The van der Waals surface area contributed by atoms with Gasteiger partial charge in [-0.2, -0.15) is 0 Å². The Hall–Kier alpha value is -2.50. The second-order valence-electron chi connectivity index (χ2n) is 8.40. The van der Waals surface area contributed by atoms with Gasteiger partial charge >= 0.3 is 0 Å². The maximum Gasteiger partial charge on any atom is 0.283 e. The van der Waals surface area contributed by atoms with Crippen LogP contribution in [-0.2, 0) is 26.0 Å². The van der Waals surface area contributed by atoms with Gasteiger partial charge in [-0.1, -0.05) is 36.4 Å². The lowest BCUT2D eigenvalue weighted by molar-refractivity contribution is -0.158. The Morgan fingerprint density at radius 2 is 1.82 bits per heavy atom. The van der Waals surface area contributed by atoms with E-state index in [-0.39, 0.29) is 16.7 Å². The third-order valence-corrected chi connectivity index (χ3v) is 7.61. The van der Waals surface area contributed by atoms with Crippen molar-refractivity contribution in [3.05, 3.63) is 59.7 Å². The number of hydrogen-bond donors (Lipinski definition) is 1. The highest BCUT2D eigenvalue weighted by atomic mass is 32.2. The van der Waals surface area contributed by atoms with Gasteiger partial charge in [-0.25, -0.2) is 30.7 Å². The van der Waals surface area contributed by atoms with Crippen LogP contribution in [0.2, 0.25) is 0 Å². The molecule has 0 radical (unpaired) electrons. The van der Waals surface area contributed by atoms with Crippen molar-refractivity contribution in [2.45, 2.75) is 43.9 Å². The molecule has 1 unspecified atom stereocenters. The summed E-state index contributed by atoms with van der Waals surface area (Å²) in [6.45, 7) is 0.589. The van der Waals surface area contributed by atoms with Gasteiger partial charge in [0, 0.05) is 17.5 Å². The fourth-order valence-electron chi connectivity index (χ4n) is 4.28. The van der Waals surface area contributed by atoms with E-state index in [4.69, 9.17) is 4.74 Å². The van der Waals surface area contributed by atoms with Crippen LogP contribution in [0.1, 0.15) is 18.9 Å². The maximum atomic E-state index is 15.5. The molecule has 6 nitrogen and oxygen atoms in total. The minimum atomic E-state index is -4.07. The molecular weight excluding hydrogens is 476 g/mol. The normalized spacial score (nSPS) is 24.1. The van der Waals surface area contributed by atoms with Crippen molar-refractivity contribution in [3.63, 3.8) is 0 Å². The van der Waals surface area contributed by atoms with E-state index >= 15 is 13.2 Å². The summed E-state index contributed by atoms with van der Waals surface area (Å²) >= 11 is 0. The van der Waals surface area contributed by atoms with E-state index in [0.29, 0.717) is 13.0 Å². The molecule has 4 rings (SSSR count). The summed E-state index contributed by atoms with van der Waals surface area (Å²) in [7, 11) is -4.07. The second-order valence-corrected chi connectivity index (χ2v) is 10.4. The Morgan fingerprint density at radius 1 is 1.15 bits per heavy atom. The number of ether oxygens (including phenoxy) is 1. The van der Waals surface area contributed by atoms with E-state index in [9.17, 15) is 17.6 Å². The van der Waals surface area contributed by atoms with E-state index in [1.807, 2.05) is 4.72 Å². The first-order chi connectivity index (χ1) is 16.0. The molecule has 2 aliphatic rings. The third kappa shape index (κ3) is 4.69. The summed E-state index contributed by atoms with van der Waals surface area (Å²) < 4.78 is 91.3. The van der Waals surface area contributed by atoms with E-state index in [2.05, 4.69) is 0 Å². The van der Waals surface area contributed by atoms with E-state index in [1.165, 1.54) is 49.4 Å². The lowest BCUT2D eigenvalue weighted by Crippen LogP contribution is -2.54. The largest absolute Gasteiger partial charge is 0.368 e. The Balaban J connectivity index is 1.73. The third-order valence-electron chi connectivity index (χ3n) is 6.24. The van der Waals surface area contributed by atoms with Crippen LogP contribution in [0, 0.1) is 11.6 Å². The zero-order valence-electron chi connectivity index (χ0n) is 18.3. The SMILES string of the molecule is CCS(=O)(=O)N[C@@H]1[C@H](Cc2cccc(-c3ccccc3F)c2F)N(C(=O)C2CCO2)CC1(F)F. The van der Waals surface area contributed by atoms with Crippen LogP contribution in [-0.4, -0.2) is 62.2 Å². The van der Waals surface area contributed by atoms with Crippen molar-refractivity contribution >= 4 is 15.9 Å². The fraction of sp³-hybridized carbons (Fsp3) is 0.435. The van der Waals surface area contributed by atoms with Crippen LogP contribution in [0.4, 0.5) is 17.6 Å². The van der Waals surface area contributed by atoms with Crippen LogP contribution < -0.4 is 4.72 Å². The van der Waals surface area contributed by atoms with Crippen molar-refractivity contribution in [1.82, 2.24) is 9.62 Å². The molecule has 2 aromatic carbocycles. The molecule has 184 valence electrons. The number of carbonyl (C=O) groups is 1. The van der Waals surface area contributed by atoms with E-state index in [0.717, 1.165) is 4.90 Å². The minimum Gasteiger partial charge on any atom is -0.368 e. The zero-order chi connectivity index (χ0) is 24.7. The monoisotopic (exact) mass is 500 g/mol. The highest BCUT2D eigenvalue weighted by Crippen LogP contribution is 2.37. The number of hydrogen-bond acceptors (Lipinski definition) is 4. The van der Waals surface area contributed by atoms with Gasteiger partial charge in [0.25, 0.3) is 11.8 Å². The number of alkyl halides is 2. The molecule has 1 amide bonds. The molecule has 3 atom stereocenters. The van der Waals surface area contributed by atoms with Gasteiger partial charge in [0.1, 0.15) is 23.8 Å². The average Bonchev–Trinajstić information content (AvgIpc) is 2.99. The van der Waals surface area contributed by atoms with Gasteiger partial charge in [0.05, 0.1) is 24.9 Å². The summed E-state index contributed by atoms with van der Waals surface area (Å²) in [4.78, 5) is 13.7. The molecule has 2 aliphatic heterocycles. The molecule has 0 aromatic heterocycles. The van der Waals surface area contributed by atoms with Gasteiger partial charge in [0.2, 0.25) is 10.0 Å². The number of amides is 1. The average molecular weight is 501 g/mol. The molecule has 2 fully saturated rings. The Kier molecular flexibility index (Phi) is 6.71. The number of sulfonamides is 1. The number of likely N-dealkylation sites (tertiary alicyclic amines) is 1. The highest BCUT2D eigenvalue weighted by molar-refractivity contribution is 7.89. The summed E-state index contributed by atoms with van der Waals surface area (Å²) in [5.41, 5.74) is -0.111. The van der Waals surface area contributed by atoms with Gasteiger partial charge in [-0.15, -0.1) is 0 Å². The lowest BCUT2D eigenvalue weighted by Gasteiger charge is -2.34. The smallest absolute Gasteiger partial charge is 0.283 e. The molecular formula is C23H24F4N2O4S. The molecule has 0 spiro atoms. The van der Waals surface area contributed by atoms with Crippen LogP contribution in [0.5, 0.6) is 0 Å². The van der Waals surface area contributed by atoms with Gasteiger partial charge in [-0.05, 0) is 25.0 Å². The zero-order valence-corrected chi connectivity index (χ0v) is 19.1. The van der Waals surface area contributed by atoms with E-state index < -0.39 is 70.4 Å². The van der Waals surface area contributed by atoms with Crippen molar-refractivity contribution in [2.75, 3.05) is 18.9 Å². The summed E-state index contributed by atoms with van der Waals surface area (Å²) in [6.07, 6.45) is -0.940. The molecule has 34 heavy (non-hydrogen) atoms. The highest BCUT2D eigenvalue weighted by Gasteiger charge is 2.58. The molecule has 2 saturated heterocycles. The maximum absolute atomic E-state index is 15.5. The minimum absolute atomic E-state index is 0.00219. The van der Waals surface area contributed by atoms with Crippen LogP contribution in [0.3, 0.4) is 0 Å². The Bertz CT molecular complexity index is 1190. The van der Waals surface area contributed by atoms with Crippen LogP contribution >= 0.6 is 0 Å². The topological polar surface area (TPSA) is 75.7 Å². The van der Waals surface area contributed by atoms with E-state index in [1.54, 1.807) is 0 Å². The quantitative estimate of drug-likeness (QED) is 0.593. The summed E-state index contributed by atoms with van der Waals surface area (Å²) in [6, 6.07) is 6.40. The second kappa shape index (κ2) is 9.27. The van der Waals surface area contributed by atoms with Gasteiger partial charge in [-0.3, -0.25) is 4.79 Å². The van der Waals surface area contributed by atoms with Crippen LogP contribution in [0.15, 0.2) is 42.5 Å². The first-order valence-electron chi connectivity index (χ1n) is 10.9. The van der Waals surface area contributed by atoms with Crippen molar-refractivity contribution in [1.29, 1.82) is 0 Å². The predicted molar refractivity (Wildman–Crippen MR) is 117 cm³/mol. The van der Waals surface area contributed by atoms with Crippen LogP contribution in [0.25, 0.3) is 11.1 Å². The molecule has 0 saturated carbocycles. The molecule has 2 aromatic rings. The molecule has 0 aliphatic carbocycles. The van der Waals surface area contributed by atoms with Gasteiger partial charge in [0.15, 0.2) is 0 Å². The van der Waals surface area contributed by atoms with Crippen molar-refractivity contribution in [3.8, 4) is 11.1 Å². The van der Waals surface area contributed by atoms with Crippen molar-refractivity contribution < 1.29 is 35.5 Å². The lowest BCUT2D eigenvalue weighted by atomic mass is 9.95. The number of nitrogens with one attached hydrogen (secondary N) is 1.